The van der Waals surface area contributed by atoms with E-state index in [0.29, 0.717) is 22.4 Å². The molecule has 0 unspecified atom stereocenters. The van der Waals surface area contributed by atoms with Crippen molar-refractivity contribution >= 4 is 40.8 Å². The maximum atomic E-state index is 12.8. The Morgan fingerprint density at radius 3 is 2.53 bits per heavy atom. The van der Waals surface area contributed by atoms with Crippen molar-refractivity contribution in [1.82, 2.24) is 25.1 Å². The van der Waals surface area contributed by atoms with Crippen LogP contribution in [0.2, 0.25) is 0 Å². The van der Waals surface area contributed by atoms with Crippen molar-refractivity contribution in [2.45, 2.75) is 37.4 Å². The minimum Gasteiger partial charge on any atom is -0.356 e. The zero-order valence-corrected chi connectivity index (χ0v) is 22.0. The quantitative estimate of drug-likeness (QED) is 0.214. The van der Waals surface area contributed by atoms with Gasteiger partial charge in [0.1, 0.15) is 11.6 Å². The first-order chi connectivity index (χ1) is 17.9. The second kappa shape index (κ2) is 12.1. The fourth-order valence-electron chi connectivity index (χ4n) is 3.93. The summed E-state index contributed by atoms with van der Waals surface area (Å²) in [7, 11) is 4.02. The van der Waals surface area contributed by atoms with Gasteiger partial charge in [0.25, 0.3) is 5.91 Å². The standard InChI is InChI=1S/C27H30N8OS.CH4.3H2/c1-18-14-24(33-32-18)29-23-16-25(35-12-5-13-35)31-27(30-23)37-22-10-8-21(9-11-22)28-26(36)20-7-4-6-19(15-20)17-34(2)3;;;;/h4,6-11,14-16H,5,12-13,17H2,1-3H3,(H,28,36)(H2,29,30,31,32,33);1H4;3*1H. The van der Waals surface area contributed by atoms with E-state index in [1.54, 1.807) is 0 Å². The molecule has 3 N–H and O–H groups in total. The van der Waals surface area contributed by atoms with Crippen LogP contribution in [-0.2, 0) is 6.54 Å². The molecule has 10 heteroatoms. The summed E-state index contributed by atoms with van der Waals surface area (Å²) < 4.78 is 0. The molecule has 2 aromatic heterocycles. The van der Waals surface area contributed by atoms with E-state index in [0.717, 1.165) is 47.3 Å². The fraction of sp³-hybridized carbons (Fsp3) is 0.286. The van der Waals surface area contributed by atoms with E-state index < -0.39 is 0 Å². The Balaban J connectivity index is 0.00000210. The van der Waals surface area contributed by atoms with Crippen molar-refractivity contribution in [2.24, 2.45) is 0 Å². The Kier molecular flexibility index (Phi) is 8.65. The highest BCUT2D eigenvalue weighted by Gasteiger charge is 2.18. The smallest absolute Gasteiger partial charge is 0.255 e. The normalized spacial score (nSPS) is 12.6. The lowest BCUT2D eigenvalue weighted by Crippen LogP contribution is -2.37. The number of benzene rings is 2. The third kappa shape index (κ3) is 6.90. The van der Waals surface area contributed by atoms with Gasteiger partial charge in [-0.25, -0.2) is 9.97 Å². The fourth-order valence-corrected chi connectivity index (χ4v) is 4.70. The van der Waals surface area contributed by atoms with Gasteiger partial charge in [0.05, 0.1) is 0 Å². The number of nitrogens with one attached hydrogen (secondary N) is 3. The molecule has 0 bridgehead atoms. The maximum absolute atomic E-state index is 12.8. The van der Waals surface area contributed by atoms with Crippen LogP contribution in [0.5, 0.6) is 0 Å². The largest absolute Gasteiger partial charge is 0.356 e. The van der Waals surface area contributed by atoms with E-state index in [-0.39, 0.29) is 17.6 Å². The number of H-pyrrole nitrogens is 1. The predicted octanol–water partition coefficient (Wildman–Crippen LogP) is 6.30. The van der Waals surface area contributed by atoms with Gasteiger partial charge >= 0.3 is 0 Å². The molecule has 204 valence electrons. The van der Waals surface area contributed by atoms with E-state index in [9.17, 15) is 4.79 Å². The third-order valence-corrected chi connectivity index (χ3v) is 6.72. The lowest BCUT2D eigenvalue weighted by atomic mass is 10.1. The first kappa shape index (κ1) is 27.2. The van der Waals surface area contributed by atoms with Crippen molar-refractivity contribution in [3.63, 3.8) is 0 Å². The number of carbonyl (C=O) groups excluding carboxylic acids is 1. The van der Waals surface area contributed by atoms with Crippen molar-refractivity contribution in [1.29, 1.82) is 0 Å². The first-order valence-corrected chi connectivity index (χ1v) is 13.0. The zero-order valence-electron chi connectivity index (χ0n) is 21.2. The summed E-state index contributed by atoms with van der Waals surface area (Å²) in [5, 5.41) is 14.1. The van der Waals surface area contributed by atoms with E-state index in [1.165, 1.54) is 18.2 Å². The van der Waals surface area contributed by atoms with Gasteiger partial charge in [0.2, 0.25) is 0 Å². The molecule has 9 nitrogen and oxygen atoms in total. The minimum absolute atomic E-state index is 0. The van der Waals surface area contributed by atoms with Gasteiger partial charge in [-0.3, -0.25) is 9.89 Å². The summed E-state index contributed by atoms with van der Waals surface area (Å²) >= 11 is 1.48. The summed E-state index contributed by atoms with van der Waals surface area (Å²) in [6.07, 6.45) is 1.17. The second-order valence-corrected chi connectivity index (χ2v) is 10.4. The topological polar surface area (TPSA) is 102 Å². The first-order valence-electron chi connectivity index (χ1n) is 12.2. The molecule has 0 radical (unpaired) electrons. The Morgan fingerprint density at radius 2 is 1.87 bits per heavy atom. The molecule has 4 aromatic rings. The molecule has 1 saturated heterocycles. The van der Waals surface area contributed by atoms with Gasteiger partial charge in [0.15, 0.2) is 11.0 Å². The van der Waals surface area contributed by atoms with Gasteiger partial charge in [-0.15, -0.1) is 0 Å². The average molecular weight is 537 g/mol. The molecular weight excluding hydrogens is 496 g/mol. The van der Waals surface area contributed by atoms with Crippen LogP contribution < -0.4 is 15.5 Å². The lowest BCUT2D eigenvalue weighted by Gasteiger charge is -2.32. The number of nitrogens with zero attached hydrogens (tertiary/aromatic N) is 5. The number of hydrogen-bond acceptors (Lipinski definition) is 8. The molecule has 1 amide bonds. The molecule has 38 heavy (non-hydrogen) atoms. The minimum atomic E-state index is -0.129. The monoisotopic (exact) mass is 536 g/mol. The number of amides is 1. The van der Waals surface area contributed by atoms with Crippen LogP contribution in [0, 0.1) is 6.92 Å². The zero-order chi connectivity index (χ0) is 25.8. The molecule has 3 heterocycles. The van der Waals surface area contributed by atoms with Gasteiger partial charge < -0.3 is 20.4 Å². The van der Waals surface area contributed by atoms with E-state index in [1.807, 2.05) is 81.7 Å². The Morgan fingerprint density at radius 1 is 1.08 bits per heavy atom. The van der Waals surface area contributed by atoms with E-state index in [4.69, 9.17) is 9.97 Å². The lowest BCUT2D eigenvalue weighted by molar-refractivity contribution is 0.102. The van der Waals surface area contributed by atoms with Gasteiger partial charge in [-0.2, -0.15) is 5.10 Å². The molecule has 0 saturated carbocycles. The third-order valence-electron chi connectivity index (χ3n) is 5.84. The number of rotatable bonds is 9. The van der Waals surface area contributed by atoms with Crippen LogP contribution >= 0.6 is 11.8 Å². The molecule has 1 aliphatic heterocycles. The number of aromatic nitrogens is 4. The van der Waals surface area contributed by atoms with Crippen molar-refractivity contribution in [2.75, 3.05) is 42.7 Å². The van der Waals surface area contributed by atoms with Crippen LogP contribution in [0.3, 0.4) is 0 Å². The summed E-state index contributed by atoms with van der Waals surface area (Å²) in [6, 6.07) is 19.3. The van der Waals surface area contributed by atoms with Gasteiger partial charge in [-0.05, 0) is 81.2 Å². The van der Waals surface area contributed by atoms with Gasteiger partial charge in [0, 0.05) is 57.9 Å². The van der Waals surface area contributed by atoms with Crippen molar-refractivity contribution in [3.8, 4) is 0 Å². The Labute approximate surface area is 232 Å². The highest BCUT2D eigenvalue weighted by Crippen LogP contribution is 2.31. The van der Waals surface area contributed by atoms with Crippen LogP contribution in [0.25, 0.3) is 0 Å². The number of anilines is 4. The Hall–Kier alpha value is -3.89. The predicted molar refractivity (Wildman–Crippen MR) is 161 cm³/mol. The summed E-state index contributed by atoms with van der Waals surface area (Å²) in [5.41, 5.74) is 3.45. The maximum Gasteiger partial charge on any atom is 0.255 e. The number of aromatic amines is 1. The second-order valence-electron chi connectivity index (χ2n) is 9.31. The average Bonchev–Trinajstić information content (AvgIpc) is 3.23. The van der Waals surface area contributed by atoms with E-state index >= 15 is 0 Å². The summed E-state index contributed by atoms with van der Waals surface area (Å²) in [5.74, 6) is 2.19. The van der Waals surface area contributed by atoms with Crippen LogP contribution in [-0.4, -0.2) is 58.2 Å². The highest BCUT2D eigenvalue weighted by atomic mass is 32.2. The molecule has 0 atom stereocenters. The van der Waals surface area contributed by atoms with Crippen LogP contribution in [0.4, 0.5) is 23.1 Å². The Bertz CT molecular complexity index is 1400. The number of carbonyl (C=O) groups is 1. The van der Waals surface area contributed by atoms with Gasteiger partial charge in [-0.1, -0.05) is 19.6 Å². The molecule has 2 aromatic carbocycles. The highest BCUT2D eigenvalue weighted by molar-refractivity contribution is 7.99. The molecule has 5 rings (SSSR count). The molecule has 0 aliphatic carbocycles. The van der Waals surface area contributed by atoms with E-state index in [2.05, 4.69) is 30.6 Å². The summed E-state index contributed by atoms with van der Waals surface area (Å²) in [6.45, 7) is 4.73. The molecular formula is C28H40N8OS. The number of aryl methyl sites for hydroxylation is 1. The van der Waals surface area contributed by atoms with Crippen LogP contribution in [0.15, 0.2) is 70.7 Å². The summed E-state index contributed by atoms with van der Waals surface area (Å²) in [4.78, 5) is 27.5. The van der Waals surface area contributed by atoms with Crippen molar-refractivity contribution in [3.05, 3.63) is 77.5 Å². The molecule has 1 aliphatic rings. The molecule has 0 spiro atoms. The van der Waals surface area contributed by atoms with Crippen LogP contribution in [0.1, 0.15) is 39.7 Å². The van der Waals surface area contributed by atoms with Crippen molar-refractivity contribution < 1.29 is 9.07 Å². The number of hydrogen-bond donors (Lipinski definition) is 3. The molecule has 1 fully saturated rings. The SMILES string of the molecule is C.Cc1cc(Nc2cc(N3CCC3)nc(Sc3ccc(NC(=O)c4cccc(CN(C)C)c4)cc3)n2)n[nH]1.[HH].[HH].[HH].